The number of hydrogen-bond donors (Lipinski definition) is 1. The van der Waals surface area contributed by atoms with Crippen LogP contribution < -0.4 is 19.5 Å². The number of hydrogen-bond acceptors (Lipinski definition) is 5. The first-order chi connectivity index (χ1) is 14.4. The van der Waals surface area contributed by atoms with Crippen LogP contribution >= 0.6 is 39.1 Å². The Hall–Kier alpha value is -2.42. The first kappa shape index (κ1) is 22.3. The van der Waals surface area contributed by atoms with Gasteiger partial charge in [-0.25, -0.2) is 0 Å². The Labute approximate surface area is 192 Å². The third-order valence-corrected chi connectivity index (χ3v) is 5.55. The molecule has 0 aliphatic heterocycles. The summed E-state index contributed by atoms with van der Waals surface area (Å²) in [4.78, 5) is 12.9. The van der Waals surface area contributed by atoms with Gasteiger partial charge < -0.3 is 19.5 Å². The molecule has 0 saturated carbocycles. The van der Waals surface area contributed by atoms with Gasteiger partial charge in [-0.1, -0.05) is 29.3 Å². The first-order valence-corrected chi connectivity index (χ1v) is 10.2. The van der Waals surface area contributed by atoms with E-state index in [9.17, 15) is 4.79 Å². The number of nitrogens with one attached hydrogen (secondary N) is 1. The predicted molar refractivity (Wildman–Crippen MR) is 120 cm³/mol. The van der Waals surface area contributed by atoms with E-state index in [1.807, 2.05) is 6.07 Å². The maximum absolute atomic E-state index is 12.9. The van der Waals surface area contributed by atoms with Crippen molar-refractivity contribution >= 4 is 50.9 Å². The molecule has 10 heteroatoms. The van der Waals surface area contributed by atoms with Gasteiger partial charge >= 0.3 is 0 Å². The highest BCUT2D eigenvalue weighted by molar-refractivity contribution is 9.10. The molecule has 0 atom stereocenters. The summed E-state index contributed by atoms with van der Waals surface area (Å²) in [5, 5.41) is 8.15. The third kappa shape index (κ3) is 4.66. The van der Waals surface area contributed by atoms with E-state index < -0.39 is 5.91 Å². The van der Waals surface area contributed by atoms with Crippen LogP contribution in [0.3, 0.4) is 0 Å². The zero-order chi connectivity index (χ0) is 21.8. The van der Waals surface area contributed by atoms with Gasteiger partial charge in [-0.3, -0.25) is 9.48 Å². The summed E-state index contributed by atoms with van der Waals surface area (Å²) in [6.45, 7) is 0.449. The molecule has 30 heavy (non-hydrogen) atoms. The van der Waals surface area contributed by atoms with Gasteiger partial charge in [-0.05, 0) is 45.8 Å². The van der Waals surface area contributed by atoms with E-state index in [4.69, 9.17) is 37.4 Å². The molecule has 1 aromatic heterocycles. The van der Waals surface area contributed by atoms with Crippen LogP contribution in [0.1, 0.15) is 15.9 Å². The molecule has 1 heterocycles. The van der Waals surface area contributed by atoms with E-state index >= 15 is 0 Å². The maximum atomic E-state index is 12.9. The van der Waals surface area contributed by atoms with Gasteiger partial charge in [-0.15, -0.1) is 0 Å². The summed E-state index contributed by atoms with van der Waals surface area (Å²) in [6.07, 6.45) is 1.75. The van der Waals surface area contributed by atoms with Crippen LogP contribution in [-0.4, -0.2) is 37.0 Å². The fraction of sp³-hybridized carbons (Fsp3) is 0.200. The van der Waals surface area contributed by atoms with Crippen molar-refractivity contribution in [2.75, 3.05) is 26.6 Å². The molecule has 3 rings (SSSR count). The molecule has 3 aromatic rings. The van der Waals surface area contributed by atoms with Crippen molar-refractivity contribution in [3.63, 3.8) is 0 Å². The van der Waals surface area contributed by atoms with Crippen LogP contribution in [0.2, 0.25) is 10.0 Å². The molecule has 2 aromatic carbocycles. The van der Waals surface area contributed by atoms with Gasteiger partial charge in [0.1, 0.15) is 0 Å². The average molecular weight is 515 g/mol. The molecule has 0 spiro atoms. The number of nitrogens with zero attached hydrogens (tertiary/aromatic N) is 2. The molecular formula is C20H18BrCl2N3O4. The number of rotatable bonds is 7. The van der Waals surface area contributed by atoms with Crippen molar-refractivity contribution in [3.8, 4) is 17.2 Å². The highest BCUT2D eigenvalue weighted by Crippen LogP contribution is 2.40. The van der Waals surface area contributed by atoms with E-state index in [0.717, 1.165) is 5.56 Å². The summed E-state index contributed by atoms with van der Waals surface area (Å²) < 4.78 is 18.3. The lowest BCUT2D eigenvalue weighted by Gasteiger charge is -2.15. The van der Waals surface area contributed by atoms with Crippen LogP contribution in [-0.2, 0) is 6.54 Å². The van der Waals surface area contributed by atoms with E-state index in [1.165, 1.54) is 21.3 Å². The van der Waals surface area contributed by atoms with Crippen molar-refractivity contribution < 1.29 is 19.0 Å². The number of halogens is 3. The normalized spacial score (nSPS) is 10.6. The molecule has 0 aliphatic rings. The largest absolute Gasteiger partial charge is 0.493 e. The molecular weight excluding hydrogens is 497 g/mol. The summed E-state index contributed by atoms with van der Waals surface area (Å²) >= 11 is 15.4. The number of methoxy groups -OCH3 is 3. The molecule has 158 valence electrons. The number of carbonyl (C=O) groups excluding carboxylic acids is 1. The Morgan fingerprint density at radius 2 is 1.80 bits per heavy atom. The highest BCUT2D eigenvalue weighted by atomic mass is 79.9. The van der Waals surface area contributed by atoms with Crippen LogP contribution in [0.25, 0.3) is 0 Å². The topological polar surface area (TPSA) is 74.6 Å². The number of carbonyl (C=O) groups is 1. The van der Waals surface area contributed by atoms with Gasteiger partial charge in [0.25, 0.3) is 5.91 Å². The van der Waals surface area contributed by atoms with Crippen molar-refractivity contribution in [2.24, 2.45) is 0 Å². The van der Waals surface area contributed by atoms with Crippen molar-refractivity contribution in [1.82, 2.24) is 9.78 Å². The Bertz CT molecular complexity index is 1090. The lowest BCUT2D eigenvalue weighted by Crippen LogP contribution is -2.15. The molecule has 0 fully saturated rings. The number of ether oxygens (including phenoxy) is 3. The van der Waals surface area contributed by atoms with E-state index in [0.29, 0.717) is 38.4 Å². The Morgan fingerprint density at radius 3 is 2.43 bits per heavy atom. The van der Waals surface area contributed by atoms with Gasteiger partial charge in [-0.2, -0.15) is 5.10 Å². The van der Waals surface area contributed by atoms with Crippen molar-refractivity contribution in [3.05, 3.63) is 62.2 Å². The van der Waals surface area contributed by atoms with Gasteiger partial charge in [0, 0.05) is 6.20 Å². The Balaban J connectivity index is 1.83. The predicted octanol–water partition coefficient (Wildman–Crippen LogP) is 5.28. The molecule has 0 saturated heterocycles. The van der Waals surface area contributed by atoms with Crippen LogP contribution in [0.5, 0.6) is 17.2 Å². The molecule has 0 radical (unpaired) electrons. The quantitative estimate of drug-likeness (QED) is 0.464. The Kier molecular flexibility index (Phi) is 7.12. The van der Waals surface area contributed by atoms with E-state index in [-0.39, 0.29) is 11.3 Å². The summed E-state index contributed by atoms with van der Waals surface area (Å²) in [5.41, 5.74) is 1.19. The minimum Gasteiger partial charge on any atom is -0.493 e. The SMILES string of the molecule is COc1ccc(C(=O)Nc2nn(Cc3ccc(Cl)c(Cl)c3)cc2Br)c(OC)c1OC. The molecule has 0 aliphatic carbocycles. The van der Waals surface area contributed by atoms with Crippen molar-refractivity contribution in [1.29, 1.82) is 0 Å². The summed E-state index contributed by atoms with van der Waals surface area (Å²) in [7, 11) is 4.44. The fourth-order valence-corrected chi connectivity index (χ4v) is 3.58. The minimum atomic E-state index is -0.409. The first-order valence-electron chi connectivity index (χ1n) is 8.65. The lowest BCUT2D eigenvalue weighted by atomic mass is 10.1. The van der Waals surface area contributed by atoms with E-state index in [2.05, 4.69) is 26.3 Å². The van der Waals surface area contributed by atoms with Crippen molar-refractivity contribution in [2.45, 2.75) is 6.54 Å². The van der Waals surface area contributed by atoms with Crippen LogP contribution in [0.15, 0.2) is 41.0 Å². The zero-order valence-electron chi connectivity index (χ0n) is 16.3. The second kappa shape index (κ2) is 9.59. The maximum Gasteiger partial charge on any atom is 0.260 e. The van der Waals surface area contributed by atoms with Gasteiger partial charge in [0.05, 0.1) is 48.0 Å². The smallest absolute Gasteiger partial charge is 0.260 e. The second-order valence-corrected chi connectivity index (χ2v) is 7.78. The van der Waals surface area contributed by atoms with E-state index in [1.54, 1.807) is 35.1 Å². The fourth-order valence-electron chi connectivity index (χ4n) is 2.84. The highest BCUT2D eigenvalue weighted by Gasteiger charge is 2.22. The summed E-state index contributed by atoms with van der Waals surface area (Å²) in [6, 6.07) is 8.58. The van der Waals surface area contributed by atoms with Gasteiger partial charge in [0.2, 0.25) is 5.75 Å². The molecule has 7 nitrogen and oxygen atoms in total. The molecule has 0 bridgehead atoms. The monoisotopic (exact) mass is 513 g/mol. The summed E-state index contributed by atoms with van der Waals surface area (Å²) in [5.74, 6) is 1.00. The van der Waals surface area contributed by atoms with Crippen LogP contribution in [0.4, 0.5) is 5.82 Å². The molecule has 1 amide bonds. The molecule has 1 N–H and O–H groups in total. The number of amides is 1. The number of benzene rings is 2. The third-order valence-electron chi connectivity index (χ3n) is 4.23. The lowest BCUT2D eigenvalue weighted by molar-refractivity contribution is 0.102. The minimum absolute atomic E-state index is 0.265. The van der Waals surface area contributed by atoms with Gasteiger partial charge in [0.15, 0.2) is 17.3 Å². The zero-order valence-corrected chi connectivity index (χ0v) is 19.4. The van der Waals surface area contributed by atoms with Crippen LogP contribution in [0, 0.1) is 0 Å². The average Bonchev–Trinajstić information content (AvgIpc) is 3.07. The second-order valence-electron chi connectivity index (χ2n) is 6.11. The number of aromatic nitrogens is 2. The number of anilines is 1. The molecule has 0 unspecified atom stereocenters. The standard InChI is InChI=1S/C20H18BrCl2N3O4/c1-28-16-7-5-12(17(29-2)18(16)30-3)20(27)24-19-13(21)10-26(25-19)9-11-4-6-14(22)15(23)8-11/h4-8,10H,9H2,1-3H3,(H,24,25,27). The Morgan fingerprint density at radius 1 is 1.07 bits per heavy atom.